The highest BCUT2D eigenvalue weighted by Crippen LogP contribution is 2.52. The summed E-state index contributed by atoms with van der Waals surface area (Å²) in [6, 6.07) is 16.9. The van der Waals surface area contributed by atoms with E-state index in [2.05, 4.69) is 99.4 Å². The maximum absolute atomic E-state index is 5.45. The van der Waals surface area contributed by atoms with Gasteiger partial charge in [-0.15, -0.1) is 0 Å². The molecule has 1 aliphatic carbocycles. The summed E-state index contributed by atoms with van der Waals surface area (Å²) < 4.78 is 9.52. The van der Waals surface area contributed by atoms with Crippen LogP contribution in [0.3, 0.4) is 0 Å². The lowest BCUT2D eigenvalue weighted by molar-refractivity contribution is 0.352. The van der Waals surface area contributed by atoms with Crippen LogP contribution >= 0.6 is 0 Å². The number of imidazole rings is 1. The predicted molar refractivity (Wildman–Crippen MR) is 142 cm³/mol. The molecule has 0 N–H and O–H groups in total. The molecule has 3 atom stereocenters. The SMILES string of the molecule is COc1ccc(C(c2cncn2C)C2(C)C=C3C(=CC2)N(C)c2nnnn2C3c2cccc(C)c2)cc1. The number of aryl methyl sites for hydroxylation is 2. The van der Waals surface area contributed by atoms with Gasteiger partial charge in [-0.3, -0.25) is 0 Å². The van der Waals surface area contributed by atoms with Crippen molar-refractivity contribution in [3.05, 3.63) is 107 Å². The molecule has 0 saturated carbocycles. The van der Waals surface area contributed by atoms with Crippen molar-refractivity contribution in [1.29, 1.82) is 0 Å². The summed E-state index contributed by atoms with van der Waals surface area (Å²) in [4.78, 5) is 6.58. The van der Waals surface area contributed by atoms with Gasteiger partial charge < -0.3 is 14.2 Å². The fourth-order valence-electron chi connectivity index (χ4n) is 5.98. The minimum atomic E-state index is -0.227. The van der Waals surface area contributed by atoms with Crippen LogP contribution in [0.5, 0.6) is 5.75 Å². The third kappa shape index (κ3) is 3.75. The first-order valence-electron chi connectivity index (χ1n) is 12.5. The lowest BCUT2D eigenvalue weighted by Crippen LogP contribution is -2.38. The van der Waals surface area contributed by atoms with Crippen molar-refractivity contribution in [2.24, 2.45) is 12.5 Å². The maximum atomic E-state index is 5.45. The van der Waals surface area contributed by atoms with Crippen LogP contribution in [0.4, 0.5) is 5.95 Å². The Balaban J connectivity index is 1.54. The Morgan fingerprint density at radius 3 is 2.62 bits per heavy atom. The monoisotopic (exact) mass is 493 g/mol. The molecule has 0 radical (unpaired) electrons. The van der Waals surface area contributed by atoms with Gasteiger partial charge in [0.15, 0.2) is 0 Å². The van der Waals surface area contributed by atoms with E-state index >= 15 is 0 Å². The van der Waals surface area contributed by atoms with E-state index in [1.165, 1.54) is 28.0 Å². The molecule has 0 amide bonds. The summed E-state index contributed by atoms with van der Waals surface area (Å²) in [5.74, 6) is 1.67. The molecule has 1 aliphatic heterocycles. The molecule has 4 aromatic rings. The Morgan fingerprint density at radius 2 is 1.92 bits per heavy atom. The van der Waals surface area contributed by atoms with Crippen molar-refractivity contribution in [3.63, 3.8) is 0 Å². The number of likely N-dealkylation sites (N-methyl/N-ethyl adjacent to an activating group) is 1. The number of hydrogen-bond acceptors (Lipinski definition) is 6. The van der Waals surface area contributed by atoms with Gasteiger partial charge in [0, 0.05) is 48.6 Å². The fraction of sp³-hybridized carbons (Fsp3) is 0.310. The number of rotatable bonds is 5. The normalized spacial score (nSPS) is 21.5. The van der Waals surface area contributed by atoms with E-state index in [1.54, 1.807) is 7.11 Å². The van der Waals surface area contributed by atoms with Crippen LogP contribution in [-0.4, -0.2) is 43.9 Å². The standard InChI is InChI=1S/C29H31N7O/c1-19-7-6-8-21(15-19)27-23-16-29(2,14-13-24(23)35(4)28-31-32-33-36(27)28)26(25-17-30-18-34(25)3)20-9-11-22(37-5)12-10-20/h6-13,15-18,26-27H,14H2,1-5H3. The summed E-state index contributed by atoms with van der Waals surface area (Å²) in [7, 11) is 5.81. The molecule has 3 unspecified atom stereocenters. The predicted octanol–water partition coefficient (Wildman–Crippen LogP) is 4.82. The van der Waals surface area contributed by atoms with Gasteiger partial charge in [0.05, 0.1) is 13.4 Å². The topological polar surface area (TPSA) is 73.9 Å². The first-order chi connectivity index (χ1) is 17.9. The molecule has 188 valence electrons. The van der Waals surface area contributed by atoms with E-state index in [0.717, 1.165) is 23.8 Å². The smallest absolute Gasteiger partial charge is 0.250 e. The van der Waals surface area contributed by atoms with Crippen LogP contribution in [0.25, 0.3) is 0 Å². The summed E-state index contributed by atoms with van der Waals surface area (Å²) in [6.45, 7) is 4.47. The highest BCUT2D eigenvalue weighted by Gasteiger charge is 2.43. The van der Waals surface area contributed by atoms with Crippen molar-refractivity contribution in [2.45, 2.75) is 32.2 Å². The molecule has 6 rings (SSSR count). The van der Waals surface area contributed by atoms with Crippen LogP contribution in [-0.2, 0) is 7.05 Å². The molecule has 0 saturated heterocycles. The molecule has 0 fully saturated rings. The minimum Gasteiger partial charge on any atom is -0.497 e. The van der Waals surface area contributed by atoms with E-state index in [1.807, 2.05) is 36.4 Å². The molecular formula is C29H31N7O. The second kappa shape index (κ2) is 8.73. The second-order valence-corrected chi connectivity index (χ2v) is 10.3. The number of fused-ring (bicyclic) bond motifs is 2. The van der Waals surface area contributed by atoms with Crippen molar-refractivity contribution in [2.75, 3.05) is 19.1 Å². The summed E-state index contributed by atoms with van der Waals surface area (Å²) in [5, 5.41) is 12.8. The Labute approximate surface area is 216 Å². The van der Waals surface area contributed by atoms with Gasteiger partial charge in [-0.25, -0.2) is 4.98 Å². The average molecular weight is 494 g/mol. The Hall–Kier alpha value is -4.20. The van der Waals surface area contributed by atoms with E-state index in [0.29, 0.717) is 0 Å². The van der Waals surface area contributed by atoms with E-state index < -0.39 is 0 Å². The van der Waals surface area contributed by atoms with Crippen molar-refractivity contribution in [1.82, 2.24) is 29.8 Å². The van der Waals surface area contributed by atoms with E-state index in [-0.39, 0.29) is 17.4 Å². The zero-order valence-electron chi connectivity index (χ0n) is 21.8. The van der Waals surface area contributed by atoms with Gasteiger partial charge in [-0.1, -0.05) is 66.1 Å². The maximum Gasteiger partial charge on any atom is 0.250 e. The molecule has 0 bridgehead atoms. The highest BCUT2D eigenvalue weighted by molar-refractivity contribution is 5.59. The van der Waals surface area contributed by atoms with Crippen LogP contribution in [0.2, 0.25) is 0 Å². The molecule has 2 aromatic carbocycles. The molecule has 8 heteroatoms. The van der Waals surface area contributed by atoms with E-state index in [9.17, 15) is 0 Å². The molecule has 2 aliphatic rings. The van der Waals surface area contributed by atoms with Crippen LogP contribution in [0, 0.1) is 12.3 Å². The lowest BCUT2D eigenvalue weighted by atomic mass is 9.66. The largest absolute Gasteiger partial charge is 0.497 e. The summed E-state index contributed by atoms with van der Waals surface area (Å²) in [5.41, 5.74) is 6.91. The number of allylic oxidation sites excluding steroid dienone is 3. The number of aromatic nitrogens is 6. The van der Waals surface area contributed by atoms with E-state index in [4.69, 9.17) is 4.74 Å². The molecule has 2 aromatic heterocycles. The lowest BCUT2D eigenvalue weighted by Gasteiger charge is -2.43. The van der Waals surface area contributed by atoms with Crippen molar-refractivity contribution in [3.8, 4) is 5.75 Å². The number of hydrogen-bond donors (Lipinski definition) is 0. The van der Waals surface area contributed by atoms with Crippen LogP contribution in [0.1, 0.15) is 47.7 Å². The molecule has 0 spiro atoms. The number of nitrogens with zero attached hydrogens (tertiary/aromatic N) is 7. The number of methoxy groups -OCH3 is 1. The quantitative estimate of drug-likeness (QED) is 0.397. The number of ether oxygens (including phenoxy) is 1. The molecule has 37 heavy (non-hydrogen) atoms. The second-order valence-electron chi connectivity index (χ2n) is 10.3. The average Bonchev–Trinajstić information content (AvgIpc) is 3.54. The third-order valence-corrected chi connectivity index (χ3v) is 7.81. The third-order valence-electron chi connectivity index (χ3n) is 7.81. The minimum absolute atomic E-state index is 0.0786. The van der Waals surface area contributed by atoms with Gasteiger partial charge in [0.25, 0.3) is 5.95 Å². The number of benzene rings is 2. The summed E-state index contributed by atoms with van der Waals surface area (Å²) >= 11 is 0. The highest BCUT2D eigenvalue weighted by atomic mass is 16.5. The fourth-order valence-corrected chi connectivity index (χ4v) is 5.98. The van der Waals surface area contributed by atoms with Gasteiger partial charge in [0.1, 0.15) is 11.8 Å². The Kier molecular flexibility index (Phi) is 5.47. The van der Waals surface area contributed by atoms with Crippen LogP contribution < -0.4 is 9.64 Å². The molecule has 3 heterocycles. The Bertz CT molecular complexity index is 1510. The van der Waals surface area contributed by atoms with Gasteiger partial charge >= 0.3 is 0 Å². The molecule has 8 nitrogen and oxygen atoms in total. The van der Waals surface area contributed by atoms with Gasteiger partial charge in [-0.2, -0.15) is 4.68 Å². The van der Waals surface area contributed by atoms with Crippen LogP contribution in [0.15, 0.2) is 84.5 Å². The first-order valence-corrected chi connectivity index (χ1v) is 12.5. The number of tetrazole rings is 1. The first kappa shape index (κ1) is 23.2. The van der Waals surface area contributed by atoms with Gasteiger partial charge in [0.2, 0.25) is 0 Å². The zero-order valence-corrected chi connectivity index (χ0v) is 21.8. The Morgan fingerprint density at radius 1 is 1.11 bits per heavy atom. The number of anilines is 1. The van der Waals surface area contributed by atoms with Crippen molar-refractivity contribution < 1.29 is 4.74 Å². The zero-order chi connectivity index (χ0) is 25.7. The van der Waals surface area contributed by atoms with Crippen molar-refractivity contribution >= 4 is 5.95 Å². The molecular weight excluding hydrogens is 462 g/mol. The summed E-state index contributed by atoms with van der Waals surface area (Å²) in [6.07, 6.45) is 9.54. The van der Waals surface area contributed by atoms with Gasteiger partial charge in [-0.05, 0) is 47.0 Å².